The Morgan fingerprint density at radius 3 is 2.54 bits per heavy atom. The Hall–Kier alpha value is -2.99. The molecule has 0 atom stereocenters. The van der Waals surface area contributed by atoms with Gasteiger partial charge in [0.25, 0.3) is 0 Å². The minimum absolute atomic E-state index is 0.0964. The average Bonchev–Trinajstić information content (AvgIpc) is 2.99. The first-order valence-corrected chi connectivity index (χ1v) is 9.68. The number of likely N-dealkylation sites (N-methyl/N-ethyl adjacent to an activating group) is 1. The maximum atomic E-state index is 12.1. The summed E-state index contributed by atoms with van der Waals surface area (Å²) in [4.78, 5) is 23.9. The first-order valence-electron chi connectivity index (χ1n) is 9.68. The highest BCUT2D eigenvalue weighted by atomic mass is 16.1. The van der Waals surface area contributed by atoms with Crippen molar-refractivity contribution in [1.82, 2.24) is 24.8 Å². The highest BCUT2D eigenvalue weighted by Gasteiger charge is 2.14. The van der Waals surface area contributed by atoms with Gasteiger partial charge in [0.05, 0.1) is 16.6 Å². The summed E-state index contributed by atoms with van der Waals surface area (Å²) >= 11 is 0. The summed E-state index contributed by atoms with van der Waals surface area (Å²) in [6.07, 6.45) is 1.26. The topological polar surface area (TPSA) is 63.1 Å². The molecule has 6 heteroatoms. The molecule has 0 unspecified atom stereocenters. The Balaban J connectivity index is 1.59. The number of fused-ring (bicyclic) bond motifs is 4. The van der Waals surface area contributed by atoms with Crippen LogP contribution in [0.5, 0.6) is 0 Å². The molecule has 4 rings (SSSR count). The molecule has 0 saturated carbocycles. The summed E-state index contributed by atoms with van der Waals surface area (Å²) in [6, 6.07) is 16.2. The van der Waals surface area contributed by atoms with Gasteiger partial charge in [-0.05, 0) is 38.7 Å². The van der Waals surface area contributed by atoms with Gasteiger partial charge in [-0.25, -0.2) is 9.97 Å². The fourth-order valence-corrected chi connectivity index (χ4v) is 3.51. The van der Waals surface area contributed by atoms with Crippen LogP contribution in [0.2, 0.25) is 0 Å². The molecule has 2 aromatic heterocycles. The number of aromatic nitrogens is 3. The molecular weight excluding hydrogens is 350 g/mol. The smallest absolute Gasteiger partial charge is 0.220 e. The second-order valence-corrected chi connectivity index (χ2v) is 7.31. The number of carbonyl (C=O) groups is 1. The Kier molecular flexibility index (Phi) is 5.21. The standard InChI is InChI=1S/C22H25N5O/c1-26(2)15-13-23-20(28)12-7-14-27-19-11-6-3-8-16(19)21-22(27)25-18-10-5-4-9-17(18)24-21/h3-6,8-11H,7,12-15H2,1-2H3,(H,23,28). The van der Waals surface area contributed by atoms with Crippen molar-refractivity contribution < 1.29 is 4.79 Å². The van der Waals surface area contributed by atoms with Gasteiger partial charge in [-0.15, -0.1) is 0 Å². The van der Waals surface area contributed by atoms with Crippen LogP contribution in [-0.2, 0) is 11.3 Å². The number of rotatable bonds is 7. The van der Waals surface area contributed by atoms with Gasteiger partial charge in [-0.3, -0.25) is 4.79 Å². The molecular formula is C22H25N5O. The third kappa shape index (κ3) is 3.68. The highest BCUT2D eigenvalue weighted by molar-refractivity contribution is 6.06. The molecule has 0 saturated heterocycles. The molecule has 2 heterocycles. The molecule has 6 nitrogen and oxygen atoms in total. The molecule has 28 heavy (non-hydrogen) atoms. The number of benzene rings is 2. The fourth-order valence-electron chi connectivity index (χ4n) is 3.51. The number of amides is 1. The summed E-state index contributed by atoms with van der Waals surface area (Å²) in [5.41, 5.74) is 4.71. The predicted molar refractivity (Wildman–Crippen MR) is 113 cm³/mol. The second kappa shape index (κ2) is 7.94. The number of carbonyl (C=O) groups excluding carboxylic acids is 1. The minimum Gasteiger partial charge on any atom is -0.355 e. The molecule has 144 valence electrons. The first kappa shape index (κ1) is 18.4. The number of para-hydroxylation sites is 3. The van der Waals surface area contributed by atoms with Crippen LogP contribution in [0, 0.1) is 0 Å². The largest absolute Gasteiger partial charge is 0.355 e. The van der Waals surface area contributed by atoms with Crippen LogP contribution in [-0.4, -0.2) is 52.5 Å². The molecule has 0 fully saturated rings. The lowest BCUT2D eigenvalue weighted by molar-refractivity contribution is -0.121. The molecule has 0 radical (unpaired) electrons. The zero-order chi connectivity index (χ0) is 19.5. The van der Waals surface area contributed by atoms with Crippen LogP contribution in [0.1, 0.15) is 12.8 Å². The number of hydrogen-bond acceptors (Lipinski definition) is 4. The van der Waals surface area contributed by atoms with Crippen LogP contribution in [0.3, 0.4) is 0 Å². The van der Waals surface area contributed by atoms with Gasteiger partial charge in [0, 0.05) is 31.4 Å². The van der Waals surface area contributed by atoms with E-state index in [2.05, 4.69) is 26.9 Å². The third-order valence-electron chi connectivity index (χ3n) is 4.92. The van der Waals surface area contributed by atoms with Gasteiger partial charge >= 0.3 is 0 Å². The van der Waals surface area contributed by atoms with E-state index >= 15 is 0 Å². The number of nitrogens with zero attached hydrogens (tertiary/aromatic N) is 4. The molecule has 0 bridgehead atoms. The zero-order valence-corrected chi connectivity index (χ0v) is 16.4. The summed E-state index contributed by atoms with van der Waals surface area (Å²) in [5.74, 6) is 0.0964. The molecule has 0 aliphatic heterocycles. The average molecular weight is 375 g/mol. The molecule has 2 aromatic carbocycles. The Bertz CT molecular complexity index is 1130. The van der Waals surface area contributed by atoms with E-state index < -0.39 is 0 Å². The van der Waals surface area contributed by atoms with E-state index in [-0.39, 0.29) is 5.91 Å². The van der Waals surface area contributed by atoms with Crippen molar-refractivity contribution in [2.24, 2.45) is 0 Å². The highest BCUT2D eigenvalue weighted by Crippen LogP contribution is 2.28. The monoisotopic (exact) mass is 375 g/mol. The molecule has 0 aliphatic rings. The first-order chi connectivity index (χ1) is 13.6. The van der Waals surface area contributed by atoms with Crippen molar-refractivity contribution in [3.05, 3.63) is 48.5 Å². The van der Waals surface area contributed by atoms with Gasteiger partial charge in [0.2, 0.25) is 5.91 Å². The van der Waals surface area contributed by atoms with E-state index in [9.17, 15) is 4.79 Å². The van der Waals surface area contributed by atoms with Gasteiger partial charge in [0.15, 0.2) is 5.65 Å². The van der Waals surface area contributed by atoms with E-state index in [0.29, 0.717) is 13.0 Å². The summed E-state index contributed by atoms with van der Waals surface area (Å²) in [6.45, 7) is 2.26. The van der Waals surface area contributed by atoms with E-state index in [1.807, 2.05) is 50.5 Å². The molecule has 0 spiro atoms. The second-order valence-electron chi connectivity index (χ2n) is 7.31. The fraction of sp³-hybridized carbons (Fsp3) is 0.318. The van der Waals surface area contributed by atoms with Crippen LogP contribution in [0.4, 0.5) is 0 Å². The summed E-state index contributed by atoms with van der Waals surface area (Å²) < 4.78 is 2.19. The quantitative estimate of drug-likeness (QED) is 0.539. The molecule has 1 N–H and O–H groups in total. The Morgan fingerprint density at radius 2 is 1.75 bits per heavy atom. The maximum Gasteiger partial charge on any atom is 0.220 e. The van der Waals surface area contributed by atoms with Crippen molar-refractivity contribution in [3.8, 4) is 0 Å². The number of nitrogens with one attached hydrogen (secondary N) is 1. The van der Waals surface area contributed by atoms with Gasteiger partial charge in [-0.2, -0.15) is 0 Å². The normalized spacial score (nSPS) is 11.7. The SMILES string of the molecule is CN(C)CCNC(=O)CCCn1c2ccccc2c2nc3ccccc3nc21. The van der Waals surface area contributed by atoms with Crippen LogP contribution in [0.15, 0.2) is 48.5 Å². The lowest BCUT2D eigenvalue weighted by Gasteiger charge is -2.11. The van der Waals surface area contributed by atoms with Gasteiger partial charge < -0.3 is 14.8 Å². The van der Waals surface area contributed by atoms with Crippen molar-refractivity contribution in [1.29, 1.82) is 0 Å². The lowest BCUT2D eigenvalue weighted by Crippen LogP contribution is -2.31. The van der Waals surface area contributed by atoms with E-state index in [1.54, 1.807) is 0 Å². The zero-order valence-electron chi connectivity index (χ0n) is 16.4. The van der Waals surface area contributed by atoms with Gasteiger partial charge in [-0.1, -0.05) is 30.3 Å². The van der Waals surface area contributed by atoms with Gasteiger partial charge in [0.1, 0.15) is 5.52 Å². The molecule has 1 amide bonds. The van der Waals surface area contributed by atoms with Crippen LogP contribution >= 0.6 is 0 Å². The maximum absolute atomic E-state index is 12.1. The van der Waals surface area contributed by atoms with E-state index in [0.717, 1.165) is 52.6 Å². The Morgan fingerprint density at radius 1 is 1.04 bits per heavy atom. The molecule has 4 aromatic rings. The molecule has 0 aliphatic carbocycles. The van der Waals surface area contributed by atoms with Crippen molar-refractivity contribution >= 4 is 39.0 Å². The lowest BCUT2D eigenvalue weighted by atomic mass is 10.2. The third-order valence-corrected chi connectivity index (χ3v) is 4.92. The summed E-state index contributed by atoms with van der Waals surface area (Å²) in [7, 11) is 4.00. The minimum atomic E-state index is 0.0964. The van der Waals surface area contributed by atoms with Crippen molar-refractivity contribution in [2.75, 3.05) is 27.2 Å². The number of aryl methyl sites for hydroxylation is 1. The van der Waals surface area contributed by atoms with Crippen molar-refractivity contribution in [3.63, 3.8) is 0 Å². The van der Waals surface area contributed by atoms with Crippen LogP contribution in [0.25, 0.3) is 33.1 Å². The summed E-state index contributed by atoms with van der Waals surface area (Å²) in [5, 5.41) is 4.08. The van der Waals surface area contributed by atoms with Crippen molar-refractivity contribution in [2.45, 2.75) is 19.4 Å². The van der Waals surface area contributed by atoms with E-state index in [4.69, 9.17) is 9.97 Å². The predicted octanol–water partition coefficient (Wildman–Crippen LogP) is 3.20. The van der Waals surface area contributed by atoms with E-state index in [1.165, 1.54) is 0 Å². The Labute approximate surface area is 164 Å². The number of hydrogen-bond donors (Lipinski definition) is 1. The van der Waals surface area contributed by atoms with Crippen LogP contribution < -0.4 is 5.32 Å².